The minimum absolute atomic E-state index is 0. The van der Waals surface area contributed by atoms with Gasteiger partial charge in [-0.15, -0.1) is 5.23 Å². The fourth-order valence-electron chi connectivity index (χ4n) is 2.15. The van der Waals surface area contributed by atoms with E-state index in [2.05, 4.69) is 4.99 Å². The summed E-state index contributed by atoms with van der Waals surface area (Å²) in [5.74, 6) is 0. The molecule has 0 saturated carbocycles. The van der Waals surface area contributed by atoms with Gasteiger partial charge in [0.25, 0.3) is 0 Å². The predicted octanol–water partition coefficient (Wildman–Crippen LogP) is 3.09. The van der Waals surface area contributed by atoms with Gasteiger partial charge in [0.05, 0.1) is 12.2 Å². The third-order valence-electron chi connectivity index (χ3n) is 3.63. The number of rotatable bonds is 6. The number of hydrogen-bond donors (Lipinski definition) is 2. The maximum atomic E-state index is 9.06. The predicted molar refractivity (Wildman–Crippen MR) is 102 cm³/mol. The van der Waals surface area contributed by atoms with Crippen molar-refractivity contribution in [3.8, 4) is 0 Å². The molecule has 0 fully saturated rings. The van der Waals surface area contributed by atoms with Crippen LogP contribution in [0.15, 0.2) is 53.5 Å². The molecule has 2 aromatic rings. The number of benzene rings is 2. The molecule has 0 bridgehead atoms. The minimum atomic E-state index is -0.403. The van der Waals surface area contributed by atoms with Gasteiger partial charge in [-0.3, -0.25) is 15.4 Å². The van der Waals surface area contributed by atoms with Gasteiger partial charge in [-0.05, 0) is 42.3 Å². The maximum absolute atomic E-state index is 9.06. The van der Waals surface area contributed by atoms with E-state index in [1.165, 1.54) is 0 Å². The van der Waals surface area contributed by atoms with Crippen LogP contribution in [0.5, 0.6) is 0 Å². The van der Waals surface area contributed by atoms with Gasteiger partial charge < -0.3 is 30.2 Å². The van der Waals surface area contributed by atoms with Gasteiger partial charge in [-0.2, -0.15) is 0 Å². The van der Waals surface area contributed by atoms with Crippen LogP contribution in [0.4, 0.5) is 11.4 Å². The van der Waals surface area contributed by atoms with Gasteiger partial charge >= 0.3 is 0 Å². The molecule has 0 unspecified atom stereocenters. The Morgan fingerprint density at radius 3 is 2.36 bits per heavy atom. The van der Waals surface area contributed by atoms with Crippen molar-refractivity contribution in [1.82, 2.24) is 0 Å². The third kappa shape index (κ3) is 6.38. The quantitative estimate of drug-likeness (QED) is 0.246. The molecule has 0 aromatic heterocycles. The van der Waals surface area contributed by atoms with Gasteiger partial charge in [0.1, 0.15) is 0 Å². The molecule has 2 aromatic carbocycles. The molecule has 0 aliphatic heterocycles. The zero-order valence-electron chi connectivity index (χ0n) is 13.8. The summed E-state index contributed by atoms with van der Waals surface area (Å²) in [5, 5.41) is 18.2. The molecule has 0 atom stereocenters. The Kier molecular flexibility index (Phi) is 9.09. The van der Waals surface area contributed by atoms with E-state index < -0.39 is 4.71 Å². The molecule has 0 spiro atoms. The number of hydrogen-bond acceptors (Lipinski definition) is 7. The third-order valence-corrected chi connectivity index (χ3v) is 4.26. The van der Waals surface area contributed by atoms with Crippen molar-refractivity contribution in [2.45, 2.75) is 18.2 Å². The summed E-state index contributed by atoms with van der Waals surface area (Å²) in [6, 6.07) is 14.8. The first kappa shape index (κ1) is 22.1. The molecule has 2 N–H and O–H groups in total. The summed E-state index contributed by atoms with van der Waals surface area (Å²) >= 11 is 10.2. The molecular weight excluding hydrogens is 539 g/mol. The summed E-state index contributed by atoms with van der Waals surface area (Å²) in [5.41, 5.74) is 4.00. The molecule has 1 radical (unpaired) electrons. The van der Waals surface area contributed by atoms with Crippen molar-refractivity contribution in [2.75, 3.05) is 17.2 Å². The SMILES string of the molecule is CC(=NCc1cccc(N(O)O)c1)c1cccc(N(C)C([S-])[S-])c1.[Au]. The molecule has 2 rings (SSSR count). The van der Waals surface area contributed by atoms with Crippen molar-refractivity contribution in [3.63, 3.8) is 0 Å². The van der Waals surface area contributed by atoms with Gasteiger partial charge in [-0.1, -0.05) is 24.3 Å². The monoisotopic (exact) mass is 558 g/mol. The Morgan fingerprint density at radius 1 is 1.08 bits per heavy atom. The second-order valence-electron chi connectivity index (χ2n) is 5.33. The van der Waals surface area contributed by atoms with E-state index in [9.17, 15) is 0 Å². The van der Waals surface area contributed by atoms with E-state index in [0.717, 1.165) is 22.5 Å². The van der Waals surface area contributed by atoms with Crippen LogP contribution in [0, 0.1) is 0 Å². The van der Waals surface area contributed by atoms with Crippen molar-refractivity contribution in [2.24, 2.45) is 4.99 Å². The average Bonchev–Trinajstić information content (AvgIpc) is 2.59. The van der Waals surface area contributed by atoms with Crippen molar-refractivity contribution in [1.29, 1.82) is 0 Å². The van der Waals surface area contributed by atoms with Crippen LogP contribution >= 0.6 is 0 Å². The Morgan fingerprint density at radius 2 is 1.72 bits per heavy atom. The van der Waals surface area contributed by atoms with Crippen LogP contribution in [0.25, 0.3) is 0 Å². The van der Waals surface area contributed by atoms with E-state index >= 15 is 0 Å². The number of anilines is 2. The van der Waals surface area contributed by atoms with E-state index in [4.69, 9.17) is 35.7 Å². The number of nitrogens with zero attached hydrogens (tertiary/aromatic N) is 3. The first-order valence-electron chi connectivity index (χ1n) is 7.31. The van der Waals surface area contributed by atoms with Crippen LogP contribution < -0.4 is 10.1 Å². The average molecular weight is 558 g/mol. The zero-order chi connectivity index (χ0) is 17.7. The molecular formula is C17H19AuN3O2S2-2. The fourth-order valence-corrected chi connectivity index (χ4v) is 2.40. The molecule has 25 heavy (non-hydrogen) atoms. The van der Waals surface area contributed by atoms with E-state index in [1.54, 1.807) is 18.2 Å². The first-order chi connectivity index (χ1) is 11.4. The second-order valence-corrected chi connectivity index (χ2v) is 6.52. The van der Waals surface area contributed by atoms with Gasteiger partial charge in [-0.25, -0.2) is 4.71 Å². The molecule has 0 aliphatic carbocycles. The molecule has 139 valence electrons. The molecule has 0 amide bonds. The summed E-state index contributed by atoms with van der Waals surface area (Å²) < 4.78 is -0.403. The Labute approximate surface area is 174 Å². The summed E-state index contributed by atoms with van der Waals surface area (Å²) in [7, 11) is 1.87. The van der Waals surface area contributed by atoms with E-state index in [0.29, 0.717) is 12.2 Å². The zero-order valence-corrected chi connectivity index (χ0v) is 17.6. The van der Waals surface area contributed by atoms with Gasteiger partial charge in [0, 0.05) is 40.8 Å². The maximum Gasteiger partial charge on any atom is 0.0946 e. The van der Waals surface area contributed by atoms with Crippen molar-refractivity contribution < 1.29 is 32.8 Å². The Hall–Kier alpha value is -0.930. The topological polar surface area (TPSA) is 59.3 Å². The first-order valence-corrected chi connectivity index (χ1v) is 8.25. The van der Waals surface area contributed by atoms with Crippen LogP contribution in [0.3, 0.4) is 0 Å². The standard InChI is InChI=1S/C17H21N3O2S2.Au/c1-12(14-6-4-7-15(10-14)19(2)17(23)24)18-11-13-5-3-8-16(9-13)20(21)22;/h3-10,17,21-24H,11H2,1-2H3;/p-2. The van der Waals surface area contributed by atoms with Gasteiger partial charge in [0.15, 0.2) is 0 Å². The minimum Gasteiger partial charge on any atom is -0.794 e. The van der Waals surface area contributed by atoms with Crippen LogP contribution in [0.2, 0.25) is 0 Å². The fraction of sp³-hybridized carbons (Fsp3) is 0.235. The number of aliphatic imine (C=N–C) groups is 1. The molecule has 5 nitrogen and oxygen atoms in total. The normalized spacial score (nSPS) is 11.2. The van der Waals surface area contributed by atoms with E-state index in [-0.39, 0.29) is 27.6 Å². The Balaban J connectivity index is 0.00000312. The smallest absolute Gasteiger partial charge is 0.0946 e. The van der Waals surface area contributed by atoms with E-state index in [1.807, 2.05) is 49.2 Å². The molecule has 0 saturated heterocycles. The van der Waals surface area contributed by atoms with Crippen molar-refractivity contribution in [3.05, 3.63) is 59.7 Å². The van der Waals surface area contributed by atoms with Crippen LogP contribution in [-0.2, 0) is 54.2 Å². The van der Waals surface area contributed by atoms with Crippen LogP contribution in [-0.4, -0.2) is 27.9 Å². The molecule has 0 aliphatic rings. The second kappa shape index (κ2) is 10.3. The molecule has 0 heterocycles. The van der Waals surface area contributed by atoms with Crippen molar-refractivity contribution >= 4 is 42.3 Å². The summed E-state index contributed by atoms with van der Waals surface area (Å²) in [6.07, 6.45) is 0. The summed E-state index contributed by atoms with van der Waals surface area (Å²) in [4.78, 5) is 6.42. The largest absolute Gasteiger partial charge is 0.794 e. The van der Waals surface area contributed by atoms with Crippen LogP contribution in [0.1, 0.15) is 18.1 Å². The van der Waals surface area contributed by atoms with Gasteiger partial charge in [0.2, 0.25) is 0 Å². The summed E-state index contributed by atoms with van der Waals surface area (Å²) in [6.45, 7) is 2.38. The Bertz CT molecular complexity index is 727. The molecule has 8 heteroatoms.